The van der Waals surface area contributed by atoms with Gasteiger partial charge < -0.3 is 4.90 Å². The Morgan fingerprint density at radius 1 is 1.36 bits per heavy atom. The average molecular weight is 153 g/mol. The zero-order chi connectivity index (χ0) is 8.01. The number of carbonyl (C=O) groups is 1. The van der Waals surface area contributed by atoms with Crippen LogP contribution in [-0.4, -0.2) is 22.9 Å². The summed E-state index contributed by atoms with van der Waals surface area (Å²) in [6, 6.07) is 1.12. The Kier molecular flexibility index (Phi) is 1.44. The first-order valence-electron chi connectivity index (χ1n) is 4.52. The standard InChI is InChI=1S/C9H15NO/c1-6-5-7(2)10(9(6)11)8-3-4-8/h6-8H,3-5H2,1-2H3. The minimum atomic E-state index is 0.283. The maximum Gasteiger partial charge on any atom is 0.225 e. The number of amides is 1. The molecule has 2 heteroatoms. The van der Waals surface area contributed by atoms with Crippen molar-refractivity contribution in [3.63, 3.8) is 0 Å². The van der Waals surface area contributed by atoms with Gasteiger partial charge in [-0.2, -0.15) is 0 Å². The maximum absolute atomic E-state index is 11.5. The smallest absolute Gasteiger partial charge is 0.225 e. The molecular formula is C9H15NO. The van der Waals surface area contributed by atoms with E-state index in [1.807, 2.05) is 6.92 Å². The largest absolute Gasteiger partial charge is 0.337 e. The number of rotatable bonds is 1. The summed E-state index contributed by atoms with van der Waals surface area (Å²) >= 11 is 0. The van der Waals surface area contributed by atoms with Crippen LogP contribution in [0.3, 0.4) is 0 Å². The van der Waals surface area contributed by atoms with Gasteiger partial charge in [0.2, 0.25) is 5.91 Å². The lowest BCUT2D eigenvalue weighted by atomic mass is 10.1. The highest BCUT2D eigenvalue weighted by atomic mass is 16.2. The van der Waals surface area contributed by atoms with Crippen molar-refractivity contribution in [3.05, 3.63) is 0 Å². The molecule has 0 spiro atoms. The van der Waals surface area contributed by atoms with Crippen molar-refractivity contribution >= 4 is 5.91 Å². The molecule has 0 radical (unpaired) electrons. The van der Waals surface area contributed by atoms with Crippen molar-refractivity contribution in [2.24, 2.45) is 5.92 Å². The monoisotopic (exact) mass is 153 g/mol. The van der Waals surface area contributed by atoms with Gasteiger partial charge in [-0.15, -0.1) is 0 Å². The Hall–Kier alpha value is -0.530. The molecule has 1 saturated carbocycles. The normalized spacial score (nSPS) is 38.4. The van der Waals surface area contributed by atoms with E-state index >= 15 is 0 Å². The van der Waals surface area contributed by atoms with E-state index in [0.717, 1.165) is 6.42 Å². The van der Waals surface area contributed by atoms with Crippen molar-refractivity contribution in [2.45, 2.75) is 45.2 Å². The number of nitrogens with zero attached hydrogens (tertiary/aromatic N) is 1. The molecule has 2 fully saturated rings. The van der Waals surface area contributed by atoms with Crippen LogP contribution in [0, 0.1) is 5.92 Å². The van der Waals surface area contributed by atoms with Crippen molar-refractivity contribution in [2.75, 3.05) is 0 Å². The molecule has 2 aliphatic rings. The summed E-state index contributed by atoms with van der Waals surface area (Å²) in [6.07, 6.45) is 3.54. The van der Waals surface area contributed by atoms with Crippen LogP contribution in [0.4, 0.5) is 0 Å². The third kappa shape index (κ3) is 1.05. The van der Waals surface area contributed by atoms with Crippen LogP contribution in [0.5, 0.6) is 0 Å². The number of hydrogen-bond donors (Lipinski definition) is 0. The van der Waals surface area contributed by atoms with E-state index in [0.29, 0.717) is 18.0 Å². The molecule has 62 valence electrons. The van der Waals surface area contributed by atoms with Crippen molar-refractivity contribution < 1.29 is 4.79 Å². The number of hydrogen-bond acceptors (Lipinski definition) is 1. The molecule has 1 aliphatic heterocycles. The summed E-state index contributed by atoms with van der Waals surface area (Å²) in [5, 5.41) is 0. The molecule has 0 aromatic rings. The molecule has 11 heavy (non-hydrogen) atoms. The Morgan fingerprint density at radius 3 is 2.36 bits per heavy atom. The molecule has 0 aromatic heterocycles. The second-order valence-electron chi connectivity index (χ2n) is 3.96. The van der Waals surface area contributed by atoms with Gasteiger partial charge in [0.1, 0.15) is 0 Å². The minimum absolute atomic E-state index is 0.283. The van der Waals surface area contributed by atoms with Gasteiger partial charge in [0.25, 0.3) is 0 Å². The molecule has 0 aromatic carbocycles. The van der Waals surface area contributed by atoms with Gasteiger partial charge in [-0.3, -0.25) is 4.79 Å². The summed E-state index contributed by atoms with van der Waals surface area (Å²) in [5.41, 5.74) is 0. The van der Waals surface area contributed by atoms with Crippen molar-refractivity contribution in [1.82, 2.24) is 4.90 Å². The van der Waals surface area contributed by atoms with Crippen LogP contribution in [0.25, 0.3) is 0 Å². The summed E-state index contributed by atoms with van der Waals surface area (Å²) in [5.74, 6) is 0.672. The zero-order valence-electron chi connectivity index (χ0n) is 7.21. The lowest BCUT2D eigenvalue weighted by Gasteiger charge is -2.20. The molecule has 2 unspecified atom stereocenters. The molecule has 1 saturated heterocycles. The molecule has 1 heterocycles. The van der Waals surface area contributed by atoms with E-state index < -0.39 is 0 Å². The van der Waals surface area contributed by atoms with Crippen LogP contribution in [-0.2, 0) is 4.79 Å². The highest BCUT2D eigenvalue weighted by Gasteiger charge is 2.42. The molecular weight excluding hydrogens is 138 g/mol. The number of likely N-dealkylation sites (tertiary alicyclic amines) is 1. The second kappa shape index (κ2) is 2.23. The average Bonchev–Trinajstić information content (AvgIpc) is 2.68. The second-order valence-corrected chi connectivity index (χ2v) is 3.96. The van der Waals surface area contributed by atoms with Crippen LogP contribution in [0.1, 0.15) is 33.1 Å². The summed E-state index contributed by atoms with van der Waals surface area (Å²) in [4.78, 5) is 13.6. The summed E-state index contributed by atoms with van der Waals surface area (Å²) in [7, 11) is 0. The first kappa shape index (κ1) is 7.14. The van der Waals surface area contributed by atoms with Crippen molar-refractivity contribution in [1.29, 1.82) is 0 Å². The van der Waals surface area contributed by atoms with Gasteiger partial charge in [0.05, 0.1) is 0 Å². The fraction of sp³-hybridized carbons (Fsp3) is 0.889. The first-order valence-corrected chi connectivity index (χ1v) is 4.52. The Labute approximate surface area is 67.6 Å². The highest BCUT2D eigenvalue weighted by Crippen LogP contribution is 2.35. The fourth-order valence-electron chi connectivity index (χ4n) is 2.09. The molecule has 1 aliphatic carbocycles. The topological polar surface area (TPSA) is 20.3 Å². The summed E-state index contributed by atoms with van der Waals surface area (Å²) in [6.45, 7) is 4.21. The van der Waals surface area contributed by atoms with Gasteiger partial charge in [-0.25, -0.2) is 0 Å². The zero-order valence-corrected chi connectivity index (χ0v) is 7.21. The first-order chi connectivity index (χ1) is 5.20. The molecule has 2 rings (SSSR count). The fourth-order valence-corrected chi connectivity index (χ4v) is 2.09. The van der Waals surface area contributed by atoms with Crippen LogP contribution in [0.2, 0.25) is 0 Å². The van der Waals surface area contributed by atoms with E-state index in [1.165, 1.54) is 12.8 Å². The quantitative estimate of drug-likeness (QED) is 0.557. The molecule has 2 atom stereocenters. The Bertz CT molecular complexity index is 186. The van der Waals surface area contributed by atoms with E-state index in [9.17, 15) is 4.79 Å². The van der Waals surface area contributed by atoms with Crippen molar-refractivity contribution in [3.8, 4) is 0 Å². The van der Waals surface area contributed by atoms with Crippen LogP contribution in [0.15, 0.2) is 0 Å². The highest BCUT2D eigenvalue weighted by molar-refractivity contribution is 5.81. The van der Waals surface area contributed by atoms with E-state index in [-0.39, 0.29) is 5.92 Å². The summed E-state index contributed by atoms with van der Waals surface area (Å²) < 4.78 is 0. The molecule has 0 N–H and O–H groups in total. The van der Waals surface area contributed by atoms with Gasteiger partial charge in [0.15, 0.2) is 0 Å². The van der Waals surface area contributed by atoms with Crippen LogP contribution < -0.4 is 0 Å². The third-order valence-corrected chi connectivity index (χ3v) is 2.79. The van der Waals surface area contributed by atoms with Gasteiger partial charge >= 0.3 is 0 Å². The van der Waals surface area contributed by atoms with Gasteiger partial charge in [0, 0.05) is 18.0 Å². The Balaban J connectivity index is 2.11. The minimum Gasteiger partial charge on any atom is -0.337 e. The lowest BCUT2D eigenvalue weighted by Crippen LogP contribution is -2.33. The maximum atomic E-state index is 11.5. The van der Waals surface area contributed by atoms with E-state index in [2.05, 4.69) is 11.8 Å². The molecule has 0 bridgehead atoms. The molecule has 1 amide bonds. The van der Waals surface area contributed by atoms with Crippen LogP contribution >= 0.6 is 0 Å². The molecule has 2 nitrogen and oxygen atoms in total. The van der Waals surface area contributed by atoms with Gasteiger partial charge in [-0.05, 0) is 26.2 Å². The predicted molar refractivity (Wildman–Crippen MR) is 43.1 cm³/mol. The van der Waals surface area contributed by atoms with E-state index in [1.54, 1.807) is 0 Å². The predicted octanol–water partition coefficient (Wildman–Crippen LogP) is 1.41. The number of carbonyl (C=O) groups excluding carboxylic acids is 1. The van der Waals surface area contributed by atoms with E-state index in [4.69, 9.17) is 0 Å². The third-order valence-electron chi connectivity index (χ3n) is 2.79. The SMILES string of the molecule is CC1CC(C)N(C2CC2)C1=O. The Morgan fingerprint density at radius 2 is 2.00 bits per heavy atom. The van der Waals surface area contributed by atoms with Gasteiger partial charge in [-0.1, -0.05) is 6.92 Å². The lowest BCUT2D eigenvalue weighted by molar-refractivity contribution is -0.131.